The molecule has 0 radical (unpaired) electrons. The molecule has 1 saturated carbocycles. The molecule has 3 heterocycles. The molecule has 3 aliphatic rings. The molecule has 194 valence electrons. The first-order valence-corrected chi connectivity index (χ1v) is 14.1. The number of nitrogens with zero attached hydrogens (tertiary/aromatic N) is 4. The molecule has 1 fully saturated rings. The van der Waals surface area contributed by atoms with Crippen LogP contribution in [0.5, 0.6) is 5.75 Å². The molecule has 1 N–H and O–H groups in total. The summed E-state index contributed by atoms with van der Waals surface area (Å²) < 4.78 is 8.17. The zero-order chi connectivity index (χ0) is 26.2. The Morgan fingerprint density at radius 3 is 2.74 bits per heavy atom. The van der Waals surface area contributed by atoms with Crippen LogP contribution in [-0.2, 0) is 11.3 Å². The van der Waals surface area contributed by atoms with E-state index in [1.54, 1.807) is 11.1 Å². The van der Waals surface area contributed by atoms with Gasteiger partial charge < -0.3 is 9.30 Å². The van der Waals surface area contributed by atoms with Crippen LogP contribution in [0, 0.1) is 25.2 Å². The summed E-state index contributed by atoms with van der Waals surface area (Å²) in [5, 5.41) is 17.6. The lowest BCUT2D eigenvalue weighted by Gasteiger charge is -2.20. The SMILES string of the molecule is Cc1ccc(OCCn2cc(/C=C3/C(=N)N4N=C(C5CCCCC5)SC4=NC3=O)c3ccccc32)cc1C. The van der Waals surface area contributed by atoms with Gasteiger partial charge in [0.2, 0.25) is 5.17 Å². The van der Waals surface area contributed by atoms with Gasteiger partial charge in [0.15, 0.2) is 5.84 Å². The minimum Gasteiger partial charge on any atom is -0.492 e. The van der Waals surface area contributed by atoms with Gasteiger partial charge in [-0.2, -0.15) is 15.1 Å². The van der Waals surface area contributed by atoms with Gasteiger partial charge in [-0.25, -0.2) is 0 Å². The Balaban J connectivity index is 1.25. The predicted octanol–water partition coefficient (Wildman–Crippen LogP) is 6.54. The van der Waals surface area contributed by atoms with Gasteiger partial charge in [0.05, 0.1) is 12.1 Å². The van der Waals surface area contributed by atoms with Gasteiger partial charge in [0.25, 0.3) is 5.91 Å². The molecule has 0 unspecified atom stereocenters. The molecule has 2 aromatic carbocycles. The number of amides is 1. The second-order valence-corrected chi connectivity index (χ2v) is 11.2. The van der Waals surface area contributed by atoms with E-state index in [1.165, 1.54) is 42.2 Å². The molecule has 0 spiro atoms. The van der Waals surface area contributed by atoms with Gasteiger partial charge in [0, 0.05) is 28.6 Å². The van der Waals surface area contributed by atoms with Crippen molar-refractivity contribution in [2.24, 2.45) is 16.0 Å². The van der Waals surface area contributed by atoms with Crippen LogP contribution in [0.25, 0.3) is 17.0 Å². The Kier molecular flexibility index (Phi) is 6.66. The van der Waals surface area contributed by atoms with Crippen molar-refractivity contribution in [1.82, 2.24) is 9.58 Å². The first-order valence-electron chi connectivity index (χ1n) is 13.3. The first kappa shape index (κ1) is 24.7. The number of aliphatic imine (C=N–C) groups is 1. The molecular weight excluding hydrogens is 494 g/mol. The van der Waals surface area contributed by atoms with Crippen molar-refractivity contribution >= 4 is 50.7 Å². The van der Waals surface area contributed by atoms with Gasteiger partial charge in [-0.1, -0.05) is 43.5 Å². The van der Waals surface area contributed by atoms with Crippen molar-refractivity contribution in [2.75, 3.05) is 6.61 Å². The lowest BCUT2D eigenvalue weighted by atomic mass is 9.90. The number of hydrazone groups is 1. The van der Waals surface area contributed by atoms with Crippen LogP contribution >= 0.6 is 11.8 Å². The molecule has 2 aliphatic heterocycles. The largest absolute Gasteiger partial charge is 0.492 e. The summed E-state index contributed by atoms with van der Waals surface area (Å²) in [6, 6.07) is 14.2. The number of carbonyl (C=O) groups is 1. The van der Waals surface area contributed by atoms with Crippen LogP contribution < -0.4 is 4.74 Å². The first-order chi connectivity index (χ1) is 18.5. The van der Waals surface area contributed by atoms with Crippen molar-refractivity contribution in [3.63, 3.8) is 0 Å². The quantitative estimate of drug-likeness (QED) is 0.371. The highest BCUT2D eigenvalue weighted by Crippen LogP contribution is 2.36. The second kappa shape index (κ2) is 10.3. The van der Waals surface area contributed by atoms with Crippen molar-refractivity contribution in [3.8, 4) is 5.75 Å². The third-order valence-electron chi connectivity index (χ3n) is 7.62. The molecular formula is C30H31N5O2S. The molecule has 6 rings (SSSR count). The maximum atomic E-state index is 13.0. The lowest BCUT2D eigenvalue weighted by Crippen LogP contribution is -2.35. The van der Waals surface area contributed by atoms with Crippen LogP contribution in [0.1, 0.15) is 48.8 Å². The smallest absolute Gasteiger partial charge is 0.283 e. The number of para-hydroxylation sites is 1. The second-order valence-electron chi connectivity index (χ2n) is 10.2. The molecule has 38 heavy (non-hydrogen) atoms. The molecule has 3 aromatic rings. The maximum absolute atomic E-state index is 13.0. The molecule has 0 saturated heterocycles. The van der Waals surface area contributed by atoms with E-state index in [0.717, 1.165) is 40.1 Å². The molecule has 8 heteroatoms. The summed E-state index contributed by atoms with van der Waals surface area (Å²) in [4.78, 5) is 17.4. The summed E-state index contributed by atoms with van der Waals surface area (Å²) in [6.07, 6.45) is 9.72. The number of benzene rings is 2. The van der Waals surface area contributed by atoms with E-state index < -0.39 is 0 Å². The molecule has 0 bridgehead atoms. The van der Waals surface area contributed by atoms with Gasteiger partial charge in [-0.15, -0.1) is 0 Å². The third kappa shape index (κ3) is 4.69. The van der Waals surface area contributed by atoms with E-state index in [9.17, 15) is 4.79 Å². The normalized spacial score (nSPS) is 19.2. The van der Waals surface area contributed by atoms with Crippen LogP contribution in [0.4, 0.5) is 0 Å². The summed E-state index contributed by atoms with van der Waals surface area (Å²) >= 11 is 1.45. The average Bonchev–Trinajstić information content (AvgIpc) is 3.51. The summed E-state index contributed by atoms with van der Waals surface area (Å²) in [6.45, 7) is 5.35. The highest BCUT2D eigenvalue weighted by molar-refractivity contribution is 8.27. The lowest BCUT2D eigenvalue weighted by molar-refractivity contribution is -0.114. The number of aromatic nitrogens is 1. The highest BCUT2D eigenvalue weighted by Gasteiger charge is 2.38. The van der Waals surface area contributed by atoms with Crippen LogP contribution in [-0.4, -0.2) is 38.1 Å². The Bertz CT molecular complexity index is 1530. The van der Waals surface area contributed by atoms with Gasteiger partial charge in [0.1, 0.15) is 17.4 Å². The zero-order valence-electron chi connectivity index (χ0n) is 21.7. The van der Waals surface area contributed by atoms with Crippen LogP contribution in [0.15, 0.2) is 64.3 Å². The number of aryl methyl sites for hydroxylation is 2. The average molecular weight is 526 g/mol. The maximum Gasteiger partial charge on any atom is 0.283 e. The molecule has 1 aliphatic carbocycles. The number of hydrogen-bond acceptors (Lipinski definition) is 5. The number of hydrogen-bond donors (Lipinski definition) is 1. The molecule has 1 amide bonds. The molecule has 0 atom stereocenters. The standard InChI is InChI=1S/C30H31N5O2S/c1-19-12-13-23(16-20(19)2)37-15-14-34-18-22(24-10-6-7-11-26(24)34)17-25-27(31)35-30(32-28(25)36)38-29(33-35)21-8-4-3-5-9-21/h6-7,10-13,16-18,21,31H,3-5,8-9,14-15H2,1-2H3/b25-17-,31-27?. The zero-order valence-corrected chi connectivity index (χ0v) is 22.6. The topological polar surface area (TPSA) is 83.0 Å². The minimum absolute atomic E-state index is 0.0909. The number of ether oxygens (including phenoxy) is 1. The fourth-order valence-corrected chi connectivity index (χ4v) is 6.38. The van der Waals surface area contributed by atoms with E-state index in [1.807, 2.05) is 30.5 Å². The minimum atomic E-state index is -0.385. The van der Waals surface area contributed by atoms with Crippen LogP contribution in [0.2, 0.25) is 0 Å². The number of carbonyl (C=O) groups excluding carboxylic acids is 1. The summed E-state index contributed by atoms with van der Waals surface area (Å²) in [5.41, 5.74) is 4.64. The van der Waals surface area contributed by atoms with E-state index in [-0.39, 0.29) is 17.3 Å². The van der Waals surface area contributed by atoms with Gasteiger partial charge in [-0.3, -0.25) is 10.2 Å². The predicted molar refractivity (Wildman–Crippen MR) is 155 cm³/mol. The monoisotopic (exact) mass is 525 g/mol. The Morgan fingerprint density at radius 1 is 1.11 bits per heavy atom. The number of thioether (sulfide) groups is 1. The van der Waals surface area contributed by atoms with E-state index in [0.29, 0.717) is 24.2 Å². The molecule has 7 nitrogen and oxygen atoms in total. The number of fused-ring (bicyclic) bond motifs is 2. The van der Waals surface area contributed by atoms with Crippen LogP contribution in [0.3, 0.4) is 0 Å². The summed E-state index contributed by atoms with van der Waals surface area (Å²) in [5.74, 6) is 0.969. The Morgan fingerprint density at radius 2 is 1.92 bits per heavy atom. The van der Waals surface area contributed by atoms with E-state index in [4.69, 9.17) is 15.2 Å². The number of amidine groups is 2. The van der Waals surface area contributed by atoms with Gasteiger partial charge >= 0.3 is 0 Å². The van der Waals surface area contributed by atoms with Crippen molar-refractivity contribution in [1.29, 1.82) is 5.41 Å². The number of rotatable bonds is 6. The fraction of sp³-hybridized carbons (Fsp3) is 0.333. The van der Waals surface area contributed by atoms with Crippen molar-refractivity contribution < 1.29 is 9.53 Å². The summed E-state index contributed by atoms with van der Waals surface area (Å²) in [7, 11) is 0. The third-order valence-corrected chi connectivity index (χ3v) is 8.69. The van der Waals surface area contributed by atoms with Gasteiger partial charge in [-0.05, 0) is 73.9 Å². The Hall–Kier alpha value is -3.65. The molecule has 1 aromatic heterocycles. The Labute approximate surface area is 226 Å². The van der Waals surface area contributed by atoms with Crippen molar-refractivity contribution in [2.45, 2.75) is 52.5 Å². The van der Waals surface area contributed by atoms with E-state index in [2.05, 4.69) is 41.6 Å². The highest BCUT2D eigenvalue weighted by atomic mass is 32.2. The van der Waals surface area contributed by atoms with Crippen molar-refractivity contribution in [3.05, 3.63) is 70.9 Å². The number of nitrogens with one attached hydrogen (secondary N) is 1. The fourth-order valence-electron chi connectivity index (χ4n) is 5.32. The van der Waals surface area contributed by atoms with E-state index >= 15 is 0 Å².